The molecule has 2 aromatic rings. The highest BCUT2D eigenvalue weighted by molar-refractivity contribution is 5.94. The summed E-state index contributed by atoms with van der Waals surface area (Å²) in [6.45, 7) is 0. The molecule has 0 amide bonds. The Hall–Kier alpha value is -1.91. The molecule has 1 aromatic heterocycles. The molecule has 0 spiro atoms. The molecule has 0 aliphatic heterocycles. The summed E-state index contributed by atoms with van der Waals surface area (Å²) in [5.41, 5.74) is 0.513. The third-order valence-electron chi connectivity index (χ3n) is 2.50. The van der Waals surface area contributed by atoms with Crippen LogP contribution < -0.4 is 0 Å². The Labute approximate surface area is 89.9 Å². The molecule has 0 saturated heterocycles. The van der Waals surface area contributed by atoms with Gasteiger partial charge in [0.1, 0.15) is 0 Å². The monoisotopic (exact) mass is 225 g/mol. The molecule has 84 valence electrons. The number of carboxylic acid groups (broad SMARTS) is 1. The maximum atomic E-state index is 12.6. The van der Waals surface area contributed by atoms with E-state index in [0.717, 1.165) is 0 Å². The molecule has 0 unspecified atom stereocenters. The molecule has 0 bridgehead atoms. The number of nitrogens with zero attached hydrogens (tertiary/aromatic N) is 1. The Balaban J connectivity index is 2.71. The average molecular weight is 225 g/mol. The minimum atomic E-state index is -2.56. The number of hydrogen-bond acceptors (Lipinski definition) is 1. The number of aromatic carboxylic acids is 1. The number of halogens is 2. The molecule has 0 radical (unpaired) electrons. The van der Waals surface area contributed by atoms with Crippen molar-refractivity contribution in [2.24, 2.45) is 7.05 Å². The summed E-state index contributed by atoms with van der Waals surface area (Å²) in [4.78, 5) is 10.7. The molecule has 0 saturated carbocycles. The number of aromatic nitrogens is 1. The van der Waals surface area contributed by atoms with Gasteiger partial charge in [0.2, 0.25) is 0 Å². The summed E-state index contributed by atoms with van der Waals surface area (Å²) < 4.78 is 26.8. The van der Waals surface area contributed by atoms with Crippen LogP contribution in [-0.2, 0) is 7.05 Å². The summed E-state index contributed by atoms with van der Waals surface area (Å²) in [5, 5.41) is 9.18. The smallest absolute Gasteiger partial charge is 0.335 e. The van der Waals surface area contributed by atoms with Crippen LogP contribution in [0.15, 0.2) is 24.4 Å². The van der Waals surface area contributed by atoms with Gasteiger partial charge in [-0.1, -0.05) is 6.07 Å². The van der Waals surface area contributed by atoms with Crippen LogP contribution in [0.3, 0.4) is 0 Å². The van der Waals surface area contributed by atoms with E-state index in [1.54, 1.807) is 7.05 Å². The van der Waals surface area contributed by atoms with Crippen molar-refractivity contribution in [3.05, 3.63) is 35.5 Å². The fourth-order valence-corrected chi connectivity index (χ4v) is 1.72. The van der Waals surface area contributed by atoms with E-state index in [2.05, 4.69) is 0 Å². The number of hydrogen-bond donors (Lipinski definition) is 1. The first kappa shape index (κ1) is 10.6. The van der Waals surface area contributed by atoms with E-state index in [1.807, 2.05) is 0 Å². The van der Waals surface area contributed by atoms with Crippen LogP contribution in [0.25, 0.3) is 10.9 Å². The van der Waals surface area contributed by atoms with Crippen LogP contribution in [0, 0.1) is 0 Å². The number of carbonyl (C=O) groups is 1. The molecule has 3 nitrogen and oxygen atoms in total. The summed E-state index contributed by atoms with van der Waals surface area (Å²) >= 11 is 0. The van der Waals surface area contributed by atoms with Gasteiger partial charge in [-0.15, -0.1) is 0 Å². The number of benzene rings is 1. The standard InChI is InChI=1S/C11H9F2NO2/c1-14-5-8(10(12)13)7-3-2-6(11(15)16)4-9(7)14/h2-5,10H,1H3,(H,15,16). The van der Waals surface area contributed by atoms with Crippen molar-refractivity contribution in [3.8, 4) is 0 Å². The number of rotatable bonds is 2. The Bertz CT molecular complexity index is 560. The summed E-state index contributed by atoms with van der Waals surface area (Å²) in [5.74, 6) is -1.07. The number of alkyl halides is 2. The second-order valence-electron chi connectivity index (χ2n) is 3.53. The maximum Gasteiger partial charge on any atom is 0.335 e. The molecular formula is C11H9F2NO2. The third-order valence-corrected chi connectivity index (χ3v) is 2.50. The van der Waals surface area contributed by atoms with Crippen LogP contribution >= 0.6 is 0 Å². The fourth-order valence-electron chi connectivity index (χ4n) is 1.72. The summed E-state index contributed by atoms with van der Waals surface area (Å²) in [6.07, 6.45) is -1.24. The Morgan fingerprint density at radius 3 is 2.69 bits per heavy atom. The minimum Gasteiger partial charge on any atom is -0.478 e. The van der Waals surface area contributed by atoms with Crippen LogP contribution in [0.4, 0.5) is 8.78 Å². The summed E-state index contributed by atoms with van der Waals surface area (Å²) in [7, 11) is 1.61. The Morgan fingerprint density at radius 2 is 2.12 bits per heavy atom. The van der Waals surface area contributed by atoms with Gasteiger partial charge >= 0.3 is 5.97 Å². The quantitative estimate of drug-likeness (QED) is 0.853. The highest BCUT2D eigenvalue weighted by Crippen LogP contribution is 2.29. The van der Waals surface area contributed by atoms with E-state index < -0.39 is 12.4 Å². The van der Waals surface area contributed by atoms with E-state index in [1.165, 1.54) is 29.0 Å². The lowest BCUT2D eigenvalue weighted by molar-refractivity contribution is 0.0697. The predicted molar refractivity (Wildman–Crippen MR) is 54.8 cm³/mol. The van der Waals surface area contributed by atoms with Crippen LogP contribution in [0.5, 0.6) is 0 Å². The third kappa shape index (κ3) is 1.54. The zero-order chi connectivity index (χ0) is 11.9. The van der Waals surface area contributed by atoms with Crippen molar-refractivity contribution in [2.45, 2.75) is 6.43 Å². The second-order valence-corrected chi connectivity index (χ2v) is 3.53. The van der Waals surface area contributed by atoms with Gasteiger partial charge in [0.05, 0.1) is 5.56 Å². The topological polar surface area (TPSA) is 42.2 Å². The van der Waals surface area contributed by atoms with Gasteiger partial charge < -0.3 is 9.67 Å². The lowest BCUT2D eigenvalue weighted by atomic mass is 10.1. The van der Waals surface area contributed by atoms with Crippen molar-refractivity contribution in [1.29, 1.82) is 0 Å². The molecule has 2 rings (SSSR count). The zero-order valence-corrected chi connectivity index (χ0v) is 8.45. The number of aryl methyl sites for hydroxylation is 1. The molecule has 0 fully saturated rings. The SMILES string of the molecule is Cn1cc(C(F)F)c2ccc(C(=O)O)cc21. The maximum absolute atomic E-state index is 12.6. The van der Waals surface area contributed by atoms with E-state index in [9.17, 15) is 13.6 Å². The van der Waals surface area contributed by atoms with Crippen LogP contribution in [-0.4, -0.2) is 15.6 Å². The highest BCUT2D eigenvalue weighted by atomic mass is 19.3. The highest BCUT2D eigenvalue weighted by Gasteiger charge is 2.16. The van der Waals surface area contributed by atoms with Crippen LogP contribution in [0.1, 0.15) is 22.3 Å². The molecule has 16 heavy (non-hydrogen) atoms. The van der Waals surface area contributed by atoms with Crippen LogP contribution in [0.2, 0.25) is 0 Å². The zero-order valence-electron chi connectivity index (χ0n) is 8.45. The summed E-state index contributed by atoms with van der Waals surface area (Å²) in [6, 6.07) is 4.14. The first-order valence-corrected chi connectivity index (χ1v) is 4.61. The second kappa shape index (κ2) is 3.59. The van der Waals surface area contributed by atoms with Crippen molar-refractivity contribution in [3.63, 3.8) is 0 Å². The molecule has 1 aromatic carbocycles. The molecule has 5 heteroatoms. The number of carboxylic acids is 1. The van der Waals surface area contributed by atoms with Gasteiger partial charge in [-0.05, 0) is 12.1 Å². The van der Waals surface area contributed by atoms with Crippen molar-refractivity contribution >= 4 is 16.9 Å². The average Bonchev–Trinajstić information content (AvgIpc) is 2.56. The van der Waals surface area contributed by atoms with E-state index in [0.29, 0.717) is 10.9 Å². The van der Waals surface area contributed by atoms with Gasteiger partial charge in [-0.2, -0.15) is 0 Å². The van der Waals surface area contributed by atoms with Gasteiger partial charge in [-0.3, -0.25) is 0 Å². The van der Waals surface area contributed by atoms with Crippen molar-refractivity contribution in [2.75, 3.05) is 0 Å². The largest absolute Gasteiger partial charge is 0.478 e. The Morgan fingerprint density at radius 1 is 1.44 bits per heavy atom. The molecule has 1 heterocycles. The molecule has 0 atom stereocenters. The lowest BCUT2D eigenvalue weighted by Gasteiger charge is -1.99. The molecule has 1 N–H and O–H groups in total. The van der Waals surface area contributed by atoms with E-state index in [-0.39, 0.29) is 11.1 Å². The minimum absolute atomic E-state index is 0.0746. The van der Waals surface area contributed by atoms with Gasteiger partial charge in [-0.25, -0.2) is 13.6 Å². The van der Waals surface area contributed by atoms with E-state index in [4.69, 9.17) is 5.11 Å². The first-order chi connectivity index (χ1) is 7.50. The van der Waals surface area contributed by atoms with E-state index >= 15 is 0 Å². The van der Waals surface area contributed by atoms with Crippen molar-refractivity contribution in [1.82, 2.24) is 4.57 Å². The normalized spacial score (nSPS) is 11.2. The number of fused-ring (bicyclic) bond motifs is 1. The van der Waals surface area contributed by atoms with Gasteiger partial charge in [0.25, 0.3) is 6.43 Å². The molecular weight excluding hydrogens is 216 g/mol. The Kier molecular flexibility index (Phi) is 2.38. The van der Waals surface area contributed by atoms with Gasteiger partial charge in [0, 0.05) is 29.7 Å². The van der Waals surface area contributed by atoms with Gasteiger partial charge in [0.15, 0.2) is 0 Å². The van der Waals surface area contributed by atoms with Crippen molar-refractivity contribution < 1.29 is 18.7 Å². The fraction of sp³-hybridized carbons (Fsp3) is 0.182. The first-order valence-electron chi connectivity index (χ1n) is 4.61. The molecule has 0 aliphatic carbocycles. The molecule has 0 aliphatic rings. The lowest BCUT2D eigenvalue weighted by Crippen LogP contribution is -1.96. The predicted octanol–water partition coefficient (Wildman–Crippen LogP) is 2.81.